The molecule has 0 aromatic heterocycles. The first-order valence-corrected chi connectivity index (χ1v) is 7.85. The summed E-state index contributed by atoms with van der Waals surface area (Å²) in [6.07, 6.45) is 8.96. The van der Waals surface area contributed by atoms with E-state index >= 15 is 0 Å². The monoisotopic (exact) mass is 279 g/mol. The first kappa shape index (κ1) is 14.0. The summed E-state index contributed by atoms with van der Waals surface area (Å²) in [5.41, 5.74) is 7.06. The van der Waals surface area contributed by atoms with Gasteiger partial charge in [-0.25, -0.2) is 8.78 Å². The van der Waals surface area contributed by atoms with Crippen LogP contribution < -0.4 is 5.73 Å². The molecule has 4 atom stereocenters. The van der Waals surface area contributed by atoms with E-state index in [1.807, 2.05) is 0 Å². The average molecular weight is 279 g/mol. The summed E-state index contributed by atoms with van der Waals surface area (Å²) in [6, 6.07) is 3.94. The Morgan fingerprint density at radius 1 is 0.950 bits per heavy atom. The molecule has 0 radical (unpaired) electrons. The summed E-state index contributed by atoms with van der Waals surface area (Å²) in [5, 5.41) is 0. The second-order valence-corrected chi connectivity index (χ2v) is 6.58. The minimum Gasteiger partial charge on any atom is -0.324 e. The summed E-state index contributed by atoms with van der Waals surface area (Å²) >= 11 is 0. The van der Waals surface area contributed by atoms with Crippen molar-refractivity contribution in [3.63, 3.8) is 0 Å². The van der Waals surface area contributed by atoms with Crippen molar-refractivity contribution in [3.8, 4) is 0 Å². The van der Waals surface area contributed by atoms with Gasteiger partial charge in [0, 0.05) is 6.04 Å². The molecule has 1 nitrogen and oxygen atoms in total. The van der Waals surface area contributed by atoms with E-state index in [0.29, 0.717) is 5.92 Å². The highest BCUT2D eigenvalue weighted by atomic mass is 19.2. The molecule has 0 amide bonds. The smallest absolute Gasteiger partial charge is 0.159 e. The molecule has 0 saturated heterocycles. The SMILES string of the molecule is NC(c1ccc(F)c(F)c1)C1CCC2CCCCC2C1. The Morgan fingerprint density at radius 2 is 1.70 bits per heavy atom. The van der Waals surface area contributed by atoms with Crippen molar-refractivity contribution in [2.75, 3.05) is 0 Å². The summed E-state index contributed by atoms with van der Waals surface area (Å²) < 4.78 is 26.4. The predicted octanol–water partition coefficient (Wildman–Crippen LogP) is 4.57. The van der Waals surface area contributed by atoms with E-state index in [9.17, 15) is 8.78 Å². The zero-order valence-corrected chi connectivity index (χ0v) is 11.8. The largest absolute Gasteiger partial charge is 0.324 e. The van der Waals surface area contributed by atoms with Crippen molar-refractivity contribution >= 4 is 0 Å². The lowest BCUT2D eigenvalue weighted by molar-refractivity contribution is 0.117. The summed E-state index contributed by atoms with van der Waals surface area (Å²) in [5.74, 6) is 0.524. The fraction of sp³-hybridized carbons (Fsp3) is 0.647. The van der Waals surface area contributed by atoms with Gasteiger partial charge in [-0.1, -0.05) is 31.7 Å². The number of benzene rings is 1. The summed E-state index contributed by atoms with van der Waals surface area (Å²) in [6.45, 7) is 0. The van der Waals surface area contributed by atoms with E-state index < -0.39 is 11.6 Å². The highest BCUT2D eigenvalue weighted by molar-refractivity contribution is 5.22. The number of fused-ring (bicyclic) bond motifs is 1. The maximum absolute atomic E-state index is 13.3. The van der Waals surface area contributed by atoms with Gasteiger partial charge >= 0.3 is 0 Å². The average Bonchev–Trinajstić information content (AvgIpc) is 2.49. The van der Waals surface area contributed by atoms with Crippen LogP contribution in [0.15, 0.2) is 18.2 Å². The lowest BCUT2D eigenvalue weighted by Crippen LogP contribution is -2.33. The fourth-order valence-electron chi connectivity index (χ4n) is 4.23. The highest BCUT2D eigenvalue weighted by Gasteiger charge is 2.34. The molecule has 0 aliphatic heterocycles. The Hall–Kier alpha value is -0.960. The van der Waals surface area contributed by atoms with E-state index in [4.69, 9.17) is 5.73 Å². The molecule has 1 aromatic carbocycles. The molecule has 0 bridgehead atoms. The normalized spacial score (nSPS) is 31.6. The molecular weight excluding hydrogens is 256 g/mol. The van der Waals surface area contributed by atoms with Crippen molar-refractivity contribution in [1.29, 1.82) is 0 Å². The van der Waals surface area contributed by atoms with Crippen LogP contribution in [-0.4, -0.2) is 0 Å². The molecule has 4 unspecified atom stereocenters. The van der Waals surface area contributed by atoms with Crippen molar-refractivity contribution in [3.05, 3.63) is 35.4 Å². The van der Waals surface area contributed by atoms with E-state index in [1.54, 1.807) is 6.07 Å². The second-order valence-electron chi connectivity index (χ2n) is 6.58. The topological polar surface area (TPSA) is 26.0 Å². The highest BCUT2D eigenvalue weighted by Crippen LogP contribution is 2.45. The van der Waals surface area contributed by atoms with Crippen LogP contribution in [0.4, 0.5) is 8.78 Å². The maximum atomic E-state index is 13.3. The number of halogens is 2. The van der Waals surface area contributed by atoms with Gasteiger partial charge in [-0.2, -0.15) is 0 Å². The fourth-order valence-corrected chi connectivity index (χ4v) is 4.23. The van der Waals surface area contributed by atoms with Crippen LogP contribution in [0.25, 0.3) is 0 Å². The van der Waals surface area contributed by atoms with Gasteiger partial charge in [-0.05, 0) is 54.7 Å². The third-order valence-corrected chi connectivity index (χ3v) is 5.42. The minimum absolute atomic E-state index is 0.159. The maximum Gasteiger partial charge on any atom is 0.159 e. The molecule has 3 heteroatoms. The third-order valence-electron chi connectivity index (χ3n) is 5.42. The molecule has 2 aliphatic rings. The summed E-state index contributed by atoms with van der Waals surface area (Å²) in [4.78, 5) is 0. The Morgan fingerprint density at radius 3 is 2.45 bits per heavy atom. The van der Waals surface area contributed by atoms with Gasteiger partial charge in [-0.15, -0.1) is 0 Å². The Balaban J connectivity index is 1.70. The first-order chi connectivity index (χ1) is 9.65. The van der Waals surface area contributed by atoms with Crippen LogP contribution in [0, 0.1) is 29.4 Å². The minimum atomic E-state index is -0.795. The number of nitrogens with two attached hydrogens (primary N) is 1. The van der Waals surface area contributed by atoms with Gasteiger partial charge in [0.2, 0.25) is 0 Å². The van der Waals surface area contributed by atoms with Crippen molar-refractivity contribution in [2.45, 2.75) is 51.0 Å². The van der Waals surface area contributed by atoms with Crippen LogP contribution in [0.5, 0.6) is 0 Å². The van der Waals surface area contributed by atoms with Crippen molar-refractivity contribution < 1.29 is 8.78 Å². The van der Waals surface area contributed by atoms with Crippen molar-refractivity contribution in [1.82, 2.24) is 0 Å². The summed E-state index contributed by atoms with van der Waals surface area (Å²) in [7, 11) is 0. The number of hydrogen-bond acceptors (Lipinski definition) is 1. The molecule has 2 saturated carbocycles. The van der Waals surface area contributed by atoms with Gasteiger partial charge in [-0.3, -0.25) is 0 Å². The van der Waals surface area contributed by atoms with Crippen LogP contribution >= 0.6 is 0 Å². The lowest BCUT2D eigenvalue weighted by Gasteiger charge is -2.41. The molecule has 110 valence electrons. The van der Waals surface area contributed by atoms with Gasteiger partial charge < -0.3 is 5.73 Å². The first-order valence-electron chi connectivity index (χ1n) is 7.85. The van der Waals surface area contributed by atoms with Gasteiger partial charge in [0.05, 0.1) is 0 Å². The Kier molecular flexibility index (Phi) is 4.06. The van der Waals surface area contributed by atoms with Gasteiger partial charge in [0.25, 0.3) is 0 Å². The molecule has 1 aromatic rings. The molecule has 3 rings (SSSR count). The standard InChI is InChI=1S/C17H23F2N/c18-15-8-7-14(10-16(15)19)17(20)13-6-5-11-3-1-2-4-12(11)9-13/h7-8,10-13,17H,1-6,9,20H2. The Labute approximate surface area is 119 Å². The molecular formula is C17H23F2N. The molecule has 2 fully saturated rings. The number of rotatable bonds is 2. The van der Waals surface area contributed by atoms with E-state index in [-0.39, 0.29) is 6.04 Å². The molecule has 2 aliphatic carbocycles. The zero-order valence-electron chi connectivity index (χ0n) is 11.8. The Bertz CT molecular complexity index is 474. The van der Waals surface area contributed by atoms with E-state index in [0.717, 1.165) is 30.2 Å². The van der Waals surface area contributed by atoms with Gasteiger partial charge in [0.1, 0.15) is 0 Å². The quantitative estimate of drug-likeness (QED) is 0.843. The molecule has 2 N–H and O–H groups in total. The lowest BCUT2D eigenvalue weighted by atomic mass is 9.65. The van der Waals surface area contributed by atoms with E-state index in [2.05, 4.69) is 0 Å². The van der Waals surface area contributed by atoms with Gasteiger partial charge in [0.15, 0.2) is 11.6 Å². The third kappa shape index (κ3) is 2.73. The molecule has 0 spiro atoms. The second kappa shape index (κ2) is 5.80. The zero-order chi connectivity index (χ0) is 14.1. The van der Waals surface area contributed by atoms with Crippen LogP contribution in [0.2, 0.25) is 0 Å². The van der Waals surface area contributed by atoms with Crippen molar-refractivity contribution in [2.24, 2.45) is 23.5 Å². The van der Waals surface area contributed by atoms with Crippen LogP contribution in [-0.2, 0) is 0 Å². The molecule has 20 heavy (non-hydrogen) atoms. The predicted molar refractivity (Wildman–Crippen MR) is 76.1 cm³/mol. The van der Waals surface area contributed by atoms with E-state index in [1.165, 1.54) is 44.2 Å². The molecule has 0 heterocycles. The number of hydrogen-bond donors (Lipinski definition) is 1. The van der Waals surface area contributed by atoms with Crippen LogP contribution in [0.1, 0.15) is 56.6 Å². The van der Waals surface area contributed by atoms with Crippen LogP contribution in [0.3, 0.4) is 0 Å².